The van der Waals surface area contributed by atoms with E-state index in [4.69, 9.17) is 10.3 Å². The quantitative estimate of drug-likeness (QED) is 0.766. The molecule has 0 amide bonds. The summed E-state index contributed by atoms with van der Waals surface area (Å²) >= 11 is 0. The number of aryl methyl sites for hydroxylation is 2. The van der Waals surface area contributed by atoms with E-state index in [0.717, 1.165) is 28.1 Å². The molecule has 2 N–H and O–H groups in total. The number of anilines is 1. The van der Waals surface area contributed by atoms with Gasteiger partial charge in [-0.3, -0.25) is 4.98 Å². The van der Waals surface area contributed by atoms with Crippen molar-refractivity contribution in [2.45, 2.75) is 13.8 Å². The molecule has 6 nitrogen and oxygen atoms in total. The molecule has 20 heavy (non-hydrogen) atoms. The van der Waals surface area contributed by atoms with Gasteiger partial charge in [-0.15, -0.1) is 0 Å². The third-order valence-electron chi connectivity index (χ3n) is 3.04. The maximum atomic E-state index is 5.91. The zero-order valence-electron chi connectivity index (χ0n) is 11.2. The van der Waals surface area contributed by atoms with Crippen molar-refractivity contribution in [1.29, 1.82) is 0 Å². The van der Waals surface area contributed by atoms with Crippen molar-refractivity contribution in [1.82, 2.24) is 20.3 Å². The van der Waals surface area contributed by atoms with E-state index in [2.05, 4.69) is 20.3 Å². The van der Waals surface area contributed by atoms with Crippen LogP contribution in [0.2, 0.25) is 0 Å². The van der Waals surface area contributed by atoms with Gasteiger partial charge in [0.2, 0.25) is 5.88 Å². The highest BCUT2D eigenvalue weighted by Gasteiger charge is 2.19. The predicted octanol–water partition coefficient (Wildman–Crippen LogP) is 2.39. The lowest BCUT2D eigenvalue weighted by molar-refractivity contribution is 0.439. The SMILES string of the molecule is Cc1cc(-c2noc(N)c2-c2ccncc2)c(C)nn1. The molecule has 0 aliphatic carbocycles. The van der Waals surface area contributed by atoms with E-state index in [9.17, 15) is 0 Å². The Labute approximate surface area is 115 Å². The number of nitrogens with zero attached hydrogens (tertiary/aromatic N) is 4. The van der Waals surface area contributed by atoms with Gasteiger partial charge in [-0.1, -0.05) is 5.16 Å². The Bertz CT molecular complexity index is 752. The number of aromatic nitrogens is 4. The Kier molecular flexibility index (Phi) is 2.90. The van der Waals surface area contributed by atoms with E-state index in [1.807, 2.05) is 32.0 Å². The Morgan fingerprint density at radius 1 is 1.10 bits per heavy atom. The first-order valence-corrected chi connectivity index (χ1v) is 6.13. The standard InChI is InChI=1S/C14H13N5O/c1-8-7-11(9(2)18-17-8)13-12(14(15)20-19-13)10-3-5-16-6-4-10/h3-7H,15H2,1-2H3. The minimum absolute atomic E-state index is 0.278. The van der Waals surface area contributed by atoms with Gasteiger partial charge in [0.1, 0.15) is 5.69 Å². The fraction of sp³-hybridized carbons (Fsp3) is 0.143. The first kappa shape index (κ1) is 12.3. The fourth-order valence-corrected chi connectivity index (χ4v) is 2.07. The number of nitrogen functional groups attached to an aromatic ring is 1. The van der Waals surface area contributed by atoms with Crippen molar-refractivity contribution in [2.24, 2.45) is 0 Å². The molecule has 0 bridgehead atoms. The minimum atomic E-state index is 0.278. The van der Waals surface area contributed by atoms with Gasteiger partial charge in [-0.2, -0.15) is 10.2 Å². The minimum Gasteiger partial charge on any atom is -0.367 e. The topological polar surface area (TPSA) is 90.7 Å². The molecule has 0 aliphatic rings. The van der Waals surface area contributed by atoms with Crippen LogP contribution in [0.1, 0.15) is 11.4 Å². The van der Waals surface area contributed by atoms with Crippen molar-refractivity contribution >= 4 is 5.88 Å². The lowest BCUT2D eigenvalue weighted by atomic mass is 10.0. The average Bonchev–Trinajstić information content (AvgIpc) is 2.84. The molecule has 6 heteroatoms. The van der Waals surface area contributed by atoms with Gasteiger partial charge in [0.25, 0.3) is 0 Å². The molecule has 3 heterocycles. The molecule has 0 spiro atoms. The van der Waals surface area contributed by atoms with Crippen molar-refractivity contribution < 1.29 is 4.52 Å². The van der Waals surface area contributed by atoms with Crippen LogP contribution >= 0.6 is 0 Å². The van der Waals surface area contributed by atoms with Crippen molar-refractivity contribution in [2.75, 3.05) is 5.73 Å². The maximum absolute atomic E-state index is 5.91. The Balaban J connectivity index is 2.24. The highest BCUT2D eigenvalue weighted by Crippen LogP contribution is 2.36. The summed E-state index contributed by atoms with van der Waals surface area (Å²) in [6.07, 6.45) is 3.41. The van der Waals surface area contributed by atoms with Crippen LogP contribution in [0.4, 0.5) is 5.88 Å². The van der Waals surface area contributed by atoms with Crippen LogP contribution in [-0.2, 0) is 0 Å². The van der Waals surface area contributed by atoms with Crippen LogP contribution in [0.25, 0.3) is 22.4 Å². The Morgan fingerprint density at radius 2 is 1.85 bits per heavy atom. The molecule has 3 aromatic heterocycles. The lowest BCUT2D eigenvalue weighted by Gasteiger charge is -2.05. The van der Waals surface area contributed by atoms with E-state index in [1.165, 1.54) is 0 Å². The summed E-state index contributed by atoms with van der Waals surface area (Å²) < 4.78 is 5.16. The highest BCUT2D eigenvalue weighted by molar-refractivity contribution is 5.87. The zero-order chi connectivity index (χ0) is 14.1. The molecule has 0 radical (unpaired) electrons. The van der Waals surface area contributed by atoms with Crippen LogP contribution in [-0.4, -0.2) is 20.3 Å². The molecule has 0 saturated heterocycles. The smallest absolute Gasteiger partial charge is 0.230 e. The molecule has 100 valence electrons. The summed E-state index contributed by atoms with van der Waals surface area (Å²) in [6.45, 7) is 3.76. The number of hydrogen-bond acceptors (Lipinski definition) is 6. The molecule has 0 aromatic carbocycles. The van der Waals surface area contributed by atoms with Gasteiger partial charge in [0.15, 0.2) is 0 Å². The molecule has 3 aromatic rings. The van der Waals surface area contributed by atoms with Crippen molar-refractivity contribution in [3.8, 4) is 22.4 Å². The summed E-state index contributed by atoms with van der Waals surface area (Å²) in [4.78, 5) is 4.00. The van der Waals surface area contributed by atoms with Crippen molar-refractivity contribution in [3.05, 3.63) is 42.0 Å². The van der Waals surface area contributed by atoms with E-state index in [0.29, 0.717) is 5.69 Å². The monoisotopic (exact) mass is 267 g/mol. The molecular formula is C14H13N5O. The van der Waals surface area contributed by atoms with E-state index < -0.39 is 0 Å². The van der Waals surface area contributed by atoms with Gasteiger partial charge < -0.3 is 10.3 Å². The average molecular weight is 267 g/mol. The number of rotatable bonds is 2. The Morgan fingerprint density at radius 3 is 2.60 bits per heavy atom. The van der Waals surface area contributed by atoms with Crippen LogP contribution in [0, 0.1) is 13.8 Å². The second kappa shape index (κ2) is 4.73. The highest BCUT2D eigenvalue weighted by atomic mass is 16.5. The first-order chi connectivity index (χ1) is 9.66. The summed E-state index contributed by atoms with van der Waals surface area (Å²) in [5, 5.41) is 12.2. The third-order valence-corrected chi connectivity index (χ3v) is 3.04. The third kappa shape index (κ3) is 2.01. The number of pyridine rings is 1. The van der Waals surface area contributed by atoms with Gasteiger partial charge >= 0.3 is 0 Å². The van der Waals surface area contributed by atoms with E-state index in [-0.39, 0.29) is 5.88 Å². The van der Waals surface area contributed by atoms with Gasteiger partial charge in [0.05, 0.1) is 17.0 Å². The summed E-state index contributed by atoms with van der Waals surface area (Å²) in [7, 11) is 0. The molecule has 0 saturated carbocycles. The maximum Gasteiger partial charge on any atom is 0.230 e. The second-order valence-electron chi connectivity index (χ2n) is 4.49. The normalized spacial score (nSPS) is 10.7. The largest absolute Gasteiger partial charge is 0.367 e. The van der Waals surface area contributed by atoms with Crippen LogP contribution in [0.15, 0.2) is 35.1 Å². The Hall–Kier alpha value is -2.76. The van der Waals surface area contributed by atoms with E-state index in [1.54, 1.807) is 12.4 Å². The van der Waals surface area contributed by atoms with Crippen LogP contribution < -0.4 is 5.73 Å². The van der Waals surface area contributed by atoms with Crippen molar-refractivity contribution in [3.63, 3.8) is 0 Å². The van der Waals surface area contributed by atoms with Gasteiger partial charge in [-0.05, 0) is 37.6 Å². The lowest BCUT2D eigenvalue weighted by Crippen LogP contribution is -1.95. The molecule has 0 aliphatic heterocycles. The number of hydrogen-bond donors (Lipinski definition) is 1. The van der Waals surface area contributed by atoms with Gasteiger partial charge in [-0.25, -0.2) is 0 Å². The van der Waals surface area contributed by atoms with Crippen LogP contribution in [0.5, 0.6) is 0 Å². The summed E-state index contributed by atoms with van der Waals surface area (Å²) in [6, 6.07) is 5.65. The fourth-order valence-electron chi connectivity index (χ4n) is 2.07. The first-order valence-electron chi connectivity index (χ1n) is 6.13. The van der Waals surface area contributed by atoms with Gasteiger partial charge in [0, 0.05) is 18.0 Å². The summed E-state index contributed by atoms with van der Waals surface area (Å²) in [5.74, 6) is 0.278. The van der Waals surface area contributed by atoms with Crippen LogP contribution in [0.3, 0.4) is 0 Å². The molecule has 0 fully saturated rings. The molecule has 0 atom stereocenters. The van der Waals surface area contributed by atoms with E-state index >= 15 is 0 Å². The predicted molar refractivity (Wildman–Crippen MR) is 74.6 cm³/mol. The number of nitrogens with two attached hydrogens (primary N) is 1. The second-order valence-corrected chi connectivity index (χ2v) is 4.49. The molecule has 0 unspecified atom stereocenters. The molecule has 3 rings (SSSR count). The molecular weight excluding hydrogens is 254 g/mol. The summed E-state index contributed by atoms with van der Waals surface area (Å²) in [5.41, 5.74) is 10.7. The zero-order valence-corrected chi connectivity index (χ0v) is 11.2.